The van der Waals surface area contributed by atoms with Gasteiger partial charge in [-0.15, -0.1) is 11.6 Å². The average Bonchev–Trinajstić information content (AvgIpc) is 3.08. The van der Waals surface area contributed by atoms with E-state index in [1.165, 1.54) is 24.3 Å². The molecule has 0 fully saturated rings. The molecule has 0 saturated carbocycles. The number of hydrazine groups is 1. The quantitative estimate of drug-likeness (QED) is 0.0687. The molecule has 0 aliphatic heterocycles. The van der Waals surface area contributed by atoms with Gasteiger partial charge in [0.2, 0.25) is 21.8 Å². The number of alkyl carbamates (subject to hydrolysis) is 1. The van der Waals surface area contributed by atoms with Crippen molar-refractivity contribution in [3.05, 3.63) is 59.7 Å². The molecule has 0 aliphatic rings. The second kappa shape index (κ2) is 21.6. The third-order valence-electron chi connectivity index (χ3n) is 8.07. The summed E-state index contributed by atoms with van der Waals surface area (Å²) in [5.74, 6) is -3.62. The van der Waals surface area contributed by atoms with Crippen LogP contribution in [0.25, 0.3) is 0 Å². The van der Waals surface area contributed by atoms with Crippen molar-refractivity contribution in [1.82, 2.24) is 31.1 Å². The lowest BCUT2D eigenvalue weighted by atomic mass is 10.0. The van der Waals surface area contributed by atoms with Crippen LogP contribution in [-0.4, -0.2) is 84.4 Å². The van der Waals surface area contributed by atoms with E-state index in [-0.39, 0.29) is 48.9 Å². The predicted octanol–water partition coefficient (Wildman–Crippen LogP) is 4.01. The average molecular weight is 809 g/mol. The maximum absolute atomic E-state index is 14.0. The molecule has 5 amide bonds. The van der Waals surface area contributed by atoms with Crippen molar-refractivity contribution in [3.8, 4) is 5.75 Å². The summed E-state index contributed by atoms with van der Waals surface area (Å²) in [5, 5.41) is 18.7. The van der Waals surface area contributed by atoms with Crippen molar-refractivity contribution < 1.29 is 42.2 Å². The van der Waals surface area contributed by atoms with E-state index in [9.17, 15) is 37.5 Å². The first kappa shape index (κ1) is 46.7. The van der Waals surface area contributed by atoms with Crippen molar-refractivity contribution in [1.29, 1.82) is 0 Å². The molecule has 55 heavy (non-hydrogen) atoms. The minimum Gasteiger partial charge on any atom is -0.508 e. The molecule has 306 valence electrons. The highest BCUT2D eigenvalue weighted by Crippen LogP contribution is 2.15. The maximum atomic E-state index is 14.0. The Morgan fingerprint density at radius 3 is 1.98 bits per heavy atom. The van der Waals surface area contributed by atoms with Gasteiger partial charge < -0.3 is 25.8 Å². The van der Waals surface area contributed by atoms with Gasteiger partial charge in [-0.3, -0.25) is 24.6 Å². The van der Waals surface area contributed by atoms with Crippen LogP contribution in [0.5, 0.6) is 5.75 Å². The van der Waals surface area contributed by atoms with Gasteiger partial charge in [-0.05, 0) is 95.0 Å². The monoisotopic (exact) mass is 808 g/mol. The van der Waals surface area contributed by atoms with Crippen molar-refractivity contribution in [2.45, 2.75) is 116 Å². The zero-order chi connectivity index (χ0) is 41.5. The van der Waals surface area contributed by atoms with Gasteiger partial charge in [-0.25, -0.2) is 22.9 Å². The highest BCUT2D eigenvalue weighted by atomic mass is 35.5. The Bertz CT molecular complexity index is 1700. The number of hydrogen-bond donors (Lipinski definition) is 6. The van der Waals surface area contributed by atoms with E-state index in [4.69, 9.17) is 16.3 Å². The van der Waals surface area contributed by atoms with Crippen LogP contribution in [0, 0.1) is 18.8 Å². The molecule has 15 nitrogen and oxygen atoms in total. The van der Waals surface area contributed by atoms with Crippen LogP contribution < -0.4 is 26.1 Å². The topological polar surface area (TPSA) is 212 Å². The number of phenols is 1. The Balaban J connectivity index is 2.29. The molecule has 0 aliphatic carbocycles. The number of carbonyl (C=O) groups excluding carboxylic acids is 5. The van der Waals surface area contributed by atoms with Crippen molar-refractivity contribution in [3.63, 3.8) is 0 Å². The Hall–Kier alpha value is -4.41. The molecule has 2 rings (SSSR count). The van der Waals surface area contributed by atoms with E-state index in [1.54, 1.807) is 58.9 Å². The normalized spacial score (nSPS) is 13.4. The fraction of sp³-hybridized carbons (Fsp3) is 0.553. The summed E-state index contributed by atoms with van der Waals surface area (Å²) < 4.78 is 33.4. The Kier molecular flexibility index (Phi) is 18.4. The molecule has 0 radical (unpaired) electrons. The first-order valence-corrected chi connectivity index (χ1v) is 20.2. The number of hydrogen-bond acceptors (Lipinski definition) is 9. The highest BCUT2D eigenvalue weighted by Gasteiger charge is 2.33. The van der Waals surface area contributed by atoms with Crippen LogP contribution in [0.1, 0.15) is 85.3 Å². The largest absolute Gasteiger partial charge is 0.508 e. The first-order valence-electron chi connectivity index (χ1n) is 18.2. The van der Waals surface area contributed by atoms with E-state index in [0.717, 1.165) is 10.6 Å². The SMILES string of the molecule is Cc1ccc(S(=O)(=O)NCCCC[C@H](NC(=O)[C@@H](NC(=O)OC(C)(C)C)C(C)C)C(=O)N[C@@H](CC(C)C)C(=O)NN(Cc2ccc(O)cc2)C(=O)CCl)cc1. The molecule has 2 aromatic rings. The molecular formula is C38H57ClN6O9S. The van der Waals surface area contributed by atoms with Crippen LogP contribution in [0.2, 0.25) is 0 Å². The summed E-state index contributed by atoms with van der Waals surface area (Å²) >= 11 is 5.84. The number of ether oxygens (including phenoxy) is 1. The van der Waals surface area contributed by atoms with Crippen molar-refractivity contribution in [2.75, 3.05) is 12.4 Å². The van der Waals surface area contributed by atoms with Crippen LogP contribution >= 0.6 is 11.6 Å². The van der Waals surface area contributed by atoms with Gasteiger partial charge in [0, 0.05) is 6.54 Å². The fourth-order valence-corrected chi connectivity index (χ4v) is 6.43. The highest BCUT2D eigenvalue weighted by molar-refractivity contribution is 7.89. The van der Waals surface area contributed by atoms with Gasteiger partial charge >= 0.3 is 6.09 Å². The lowest BCUT2D eigenvalue weighted by molar-refractivity contribution is -0.142. The summed E-state index contributed by atoms with van der Waals surface area (Å²) in [5.41, 5.74) is 3.23. The fourth-order valence-electron chi connectivity index (χ4n) is 5.21. The minimum atomic E-state index is -3.78. The standard InChI is InChI=1S/C38H57ClN6O9S/c1-24(2)21-31(35(49)44-45(32(47)22-39)23-27-14-16-28(46)17-15-27)42-34(48)30(41-36(50)33(25(3)4)43-37(51)54-38(6,7)8)11-9-10-20-40-55(52,53)29-18-12-26(5)13-19-29/h12-19,24-25,30-31,33,40,46H,9-11,20-23H2,1-8H3,(H,41,50)(H,42,48)(H,43,51)(H,44,49)/t30-,31-,33-/m0/s1. The lowest BCUT2D eigenvalue weighted by Gasteiger charge is -2.29. The Morgan fingerprint density at radius 2 is 1.44 bits per heavy atom. The van der Waals surface area contributed by atoms with E-state index >= 15 is 0 Å². The number of phenolic OH excluding ortho intramolecular Hbond substituents is 1. The van der Waals surface area contributed by atoms with Gasteiger partial charge in [0.05, 0.1) is 11.4 Å². The third-order valence-corrected chi connectivity index (χ3v) is 9.78. The Labute approximate surface area is 329 Å². The van der Waals surface area contributed by atoms with Crippen LogP contribution in [-0.2, 0) is 40.5 Å². The van der Waals surface area contributed by atoms with Crippen LogP contribution in [0.4, 0.5) is 4.79 Å². The van der Waals surface area contributed by atoms with Gasteiger partial charge in [0.25, 0.3) is 11.8 Å². The van der Waals surface area contributed by atoms with Gasteiger partial charge in [0.1, 0.15) is 35.4 Å². The summed E-state index contributed by atoms with van der Waals surface area (Å²) in [6.07, 6.45) is -0.0194. The smallest absolute Gasteiger partial charge is 0.408 e. The molecule has 6 N–H and O–H groups in total. The van der Waals surface area contributed by atoms with Crippen molar-refractivity contribution in [2.24, 2.45) is 11.8 Å². The van der Waals surface area contributed by atoms with Crippen molar-refractivity contribution >= 4 is 51.3 Å². The molecule has 17 heteroatoms. The molecule has 0 saturated heterocycles. The van der Waals surface area contributed by atoms with Crippen LogP contribution in [0.3, 0.4) is 0 Å². The predicted molar refractivity (Wildman–Crippen MR) is 209 cm³/mol. The number of aromatic hydroxyl groups is 1. The Morgan fingerprint density at radius 1 is 0.836 bits per heavy atom. The molecule has 0 spiro atoms. The number of alkyl halides is 1. The number of carbonyl (C=O) groups is 5. The number of rotatable bonds is 19. The molecule has 0 bridgehead atoms. The summed E-state index contributed by atoms with van der Waals surface area (Å²) in [4.78, 5) is 66.7. The lowest BCUT2D eigenvalue weighted by Crippen LogP contribution is -2.59. The van der Waals surface area contributed by atoms with Gasteiger partial charge in [0.15, 0.2) is 0 Å². The number of aryl methyl sites for hydroxylation is 1. The zero-order valence-corrected chi connectivity index (χ0v) is 34.5. The maximum Gasteiger partial charge on any atom is 0.408 e. The number of amides is 5. The minimum absolute atomic E-state index is 0.0215. The second-order valence-electron chi connectivity index (χ2n) is 15.1. The molecular weight excluding hydrogens is 752 g/mol. The number of unbranched alkanes of at least 4 members (excludes halogenated alkanes) is 1. The molecule has 2 aromatic carbocycles. The van der Waals surface area contributed by atoms with Gasteiger partial charge in [-0.2, -0.15) is 0 Å². The van der Waals surface area contributed by atoms with Crippen LogP contribution in [0.15, 0.2) is 53.4 Å². The van der Waals surface area contributed by atoms with E-state index in [1.807, 2.05) is 20.8 Å². The summed E-state index contributed by atoms with van der Waals surface area (Å²) in [6, 6.07) is 8.97. The number of halogens is 1. The molecule has 3 atom stereocenters. The zero-order valence-electron chi connectivity index (χ0n) is 32.9. The first-order chi connectivity index (χ1) is 25.6. The third kappa shape index (κ3) is 16.9. The second-order valence-corrected chi connectivity index (χ2v) is 17.1. The number of benzene rings is 2. The molecule has 0 aromatic heterocycles. The summed E-state index contributed by atoms with van der Waals surface area (Å²) in [6.45, 7) is 14.0. The summed E-state index contributed by atoms with van der Waals surface area (Å²) in [7, 11) is -3.78. The number of sulfonamides is 1. The van der Waals surface area contributed by atoms with E-state index < -0.39 is 75.3 Å². The van der Waals surface area contributed by atoms with Gasteiger partial charge in [-0.1, -0.05) is 57.5 Å². The number of nitrogens with zero attached hydrogens (tertiary/aromatic N) is 1. The number of nitrogens with one attached hydrogen (secondary N) is 5. The molecule has 0 heterocycles. The molecule has 0 unspecified atom stereocenters. The van der Waals surface area contributed by atoms with E-state index in [0.29, 0.717) is 12.0 Å². The van der Waals surface area contributed by atoms with E-state index in [2.05, 4.69) is 26.1 Å².